The van der Waals surface area contributed by atoms with Crippen LogP contribution in [-0.2, 0) is 6.54 Å². The second kappa shape index (κ2) is 6.90. The molecule has 1 N–H and O–H groups in total. The van der Waals surface area contributed by atoms with Gasteiger partial charge in [-0.05, 0) is 30.9 Å². The predicted octanol–water partition coefficient (Wildman–Crippen LogP) is 3.21. The van der Waals surface area contributed by atoms with Crippen molar-refractivity contribution in [3.05, 3.63) is 24.0 Å². The molecule has 1 fully saturated rings. The number of nitrogens with one attached hydrogen (secondary N) is 1. The van der Waals surface area contributed by atoms with Gasteiger partial charge in [-0.25, -0.2) is 0 Å². The van der Waals surface area contributed by atoms with Crippen molar-refractivity contribution < 1.29 is 0 Å². The highest BCUT2D eigenvalue weighted by Gasteiger charge is 2.17. The molecule has 1 heterocycles. The molecule has 0 saturated heterocycles. The van der Waals surface area contributed by atoms with Crippen LogP contribution < -0.4 is 10.2 Å². The van der Waals surface area contributed by atoms with Crippen LogP contribution in [0, 0.1) is 5.92 Å². The van der Waals surface area contributed by atoms with E-state index >= 15 is 0 Å². The molecule has 1 saturated carbocycles. The summed E-state index contributed by atoms with van der Waals surface area (Å²) in [5.74, 6) is 0.885. The third kappa shape index (κ3) is 4.50. The van der Waals surface area contributed by atoms with Crippen molar-refractivity contribution in [2.24, 2.45) is 5.92 Å². The summed E-state index contributed by atoms with van der Waals surface area (Å²) in [7, 11) is 2.20. The van der Waals surface area contributed by atoms with Gasteiger partial charge in [0.1, 0.15) is 0 Å². The van der Waals surface area contributed by atoms with Gasteiger partial charge in [0.15, 0.2) is 0 Å². The topological polar surface area (TPSA) is 28.2 Å². The molecule has 19 heavy (non-hydrogen) atoms. The summed E-state index contributed by atoms with van der Waals surface area (Å²) in [6, 6.07) is 4.83. The molecule has 1 aromatic heterocycles. The van der Waals surface area contributed by atoms with Crippen molar-refractivity contribution in [2.75, 3.05) is 18.5 Å². The molecule has 0 bridgehead atoms. The van der Waals surface area contributed by atoms with E-state index in [-0.39, 0.29) is 0 Å². The number of pyridine rings is 1. The normalized spacial score (nSPS) is 16.2. The van der Waals surface area contributed by atoms with E-state index in [9.17, 15) is 0 Å². The van der Waals surface area contributed by atoms with Gasteiger partial charge in [-0.2, -0.15) is 0 Å². The largest absolute Gasteiger partial charge is 0.374 e. The fourth-order valence-corrected chi connectivity index (χ4v) is 2.79. The van der Waals surface area contributed by atoms with Crippen LogP contribution in [-0.4, -0.2) is 24.6 Å². The summed E-state index contributed by atoms with van der Waals surface area (Å²) < 4.78 is 0. The zero-order valence-corrected chi connectivity index (χ0v) is 12.5. The standard InChI is InChI=1S/C16H27N3/c1-13(2)18-11-15-10-16(8-9-17-15)19(3)12-14-6-4-5-7-14/h8-10,13-14,18H,4-7,11-12H2,1-3H3. The predicted molar refractivity (Wildman–Crippen MR) is 81.4 cm³/mol. The first-order valence-corrected chi connectivity index (χ1v) is 7.54. The van der Waals surface area contributed by atoms with E-state index in [1.165, 1.54) is 37.9 Å². The molecule has 0 aliphatic heterocycles. The van der Waals surface area contributed by atoms with Gasteiger partial charge in [-0.15, -0.1) is 0 Å². The summed E-state index contributed by atoms with van der Waals surface area (Å²) in [4.78, 5) is 6.82. The van der Waals surface area contributed by atoms with Crippen molar-refractivity contribution in [2.45, 2.75) is 52.1 Å². The molecule has 3 heteroatoms. The lowest BCUT2D eigenvalue weighted by molar-refractivity contribution is 0.546. The molecule has 3 nitrogen and oxygen atoms in total. The maximum absolute atomic E-state index is 4.44. The first-order valence-electron chi connectivity index (χ1n) is 7.54. The third-order valence-corrected chi connectivity index (χ3v) is 3.94. The van der Waals surface area contributed by atoms with Crippen LogP contribution in [0.25, 0.3) is 0 Å². The number of anilines is 1. The zero-order valence-electron chi connectivity index (χ0n) is 12.5. The van der Waals surface area contributed by atoms with E-state index in [0.717, 1.165) is 18.2 Å². The SMILES string of the molecule is CC(C)NCc1cc(N(C)CC2CCCC2)ccn1. The average molecular weight is 261 g/mol. The minimum atomic E-state index is 0.502. The van der Waals surface area contributed by atoms with Crippen molar-refractivity contribution in [1.29, 1.82) is 0 Å². The quantitative estimate of drug-likeness (QED) is 0.852. The summed E-state index contributed by atoms with van der Waals surface area (Å²) >= 11 is 0. The highest BCUT2D eigenvalue weighted by molar-refractivity contribution is 5.45. The van der Waals surface area contributed by atoms with Crippen molar-refractivity contribution in [3.8, 4) is 0 Å². The molecule has 0 spiro atoms. The molecule has 0 unspecified atom stereocenters. The molecule has 0 radical (unpaired) electrons. The fraction of sp³-hybridized carbons (Fsp3) is 0.688. The number of hydrogen-bond acceptors (Lipinski definition) is 3. The lowest BCUT2D eigenvalue weighted by Crippen LogP contribution is -2.25. The van der Waals surface area contributed by atoms with Crippen LogP contribution in [0.2, 0.25) is 0 Å². The molecule has 2 rings (SSSR count). The van der Waals surface area contributed by atoms with Gasteiger partial charge in [-0.1, -0.05) is 26.7 Å². The minimum Gasteiger partial charge on any atom is -0.374 e. The molecule has 1 aliphatic rings. The zero-order chi connectivity index (χ0) is 13.7. The van der Waals surface area contributed by atoms with E-state index in [1.54, 1.807) is 0 Å². The van der Waals surface area contributed by atoms with E-state index in [0.29, 0.717) is 6.04 Å². The van der Waals surface area contributed by atoms with Crippen molar-refractivity contribution in [1.82, 2.24) is 10.3 Å². The van der Waals surface area contributed by atoms with Crippen LogP contribution >= 0.6 is 0 Å². The van der Waals surface area contributed by atoms with Gasteiger partial charge in [0.2, 0.25) is 0 Å². The Bertz CT molecular complexity index is 383. The summed E-state index contributed by atoms with van der Waals surface area (Å²) in [6.07, 6.45) is 7.56. The van der Waals surface area contributed by atoms with E-state index in [4.69, 9.17) is 0 Å². The highest BCUT2D eigenvalue weighted by atomic mass is 15.1. The van der Waals surface area contributed by atoms with Crippen LogP contribution in [0.1, 0.15) is 45.2 Å². The summed E-state index contributed by atoms with van der Waals surface area (Å²) in [5.41, 5.74) is 2.42. The lowest BCUT2D eigenvalue weighted by atomic mass is 10.1. The average Bonchev–Trinajstić information content (AvgIpc) is 2.89. The fourth-order valence-electron chi connectivity index (χ4n) is 2.79. The van der Waals surface area contributed by atoms with Crippen molar-refractivity contribution >= 4 is 5.69 Å². The van der Waals surface area contributed by atoms with Gasteiger partial charge in [0, 0.05) is 38.1 Å². The monoisotopic (exact) mass is 261 g/mol. The lowest BCUT2D eigenvalue weighted by Gasteiger charge is -2.23. The molecular formula is C16H27N3. The van der Waals surface area contributed by atoms with Crippen molar-refractivity contribution in [3.63, 3.8) is 0 Å². The Morgan fingerprint density at radius 3 is 2.79 bits per heavy atom. The van der Waals surface area contributed by atoms with Gasteiger partial charge < -0.3 is 10.2 Å². The summed E-state index contributed by atoms with van der Waals surface area (Å²) in [6.45, 7) is 6.36. The molecule has 0 amide bonds. The Labute approximate surface area is 117 Å². The molecule has 0 atom stereocenters. The first-order chi connectivity index (χ1) is 9.15. The maximum Gasteiger partial charge on any atom is 0.0562 e. The molecule has 106 valence electrons. The number of aromatic nitrogens is 1. The number of rotatable bonds is 6. The highest BCUT2D eigenvalue weighted by Crippen LogP contribution is 2.26. The molecule has 1 aliphatic carbocycles. The molecular weight excluding hydrogens is 234 g/mol. The van der Waals surface area contributed by atoms with Crippen LogP contribution in [0.5, 0.6) is 0 Å². The van der Waals surface area contributed by atoms with Gasteiger partial charge in [0.05, 0.1) is 5.69 Å². The maximum atomic E-state index is 4.44. The molecule has 0 aromatic carbocycles. The second-order valence-corrected chi connectivity index (χ2v) is 6.07. The van der Waals surface area contributed by atoms with Gasteiger partial charge in [0.25, 0.3) is 0 Å². The first kappa shape index (κ1) is 14.3. The van der Waals surface area contributed by atoms with Crippen LogP contribution in [0.4, 0.5) is 5.69 Å². The van der Waals surface area contributed by atoms with E-state index < -0.39 is 0 Å². The smallest absolute Gasteiger partial charge is 0.0562 e. The summed E-state index contributed by atoms with van der Waals surface area (Å²) in [5, 5.41) is 3.42. The minimum absolute atomic E-state index is 0.502. The van der Waals surface area contributed by atoms with Gasteiger partial charge in [-0.3, -0.25) is 4.98 Å². The van der Waals surface area contributed by atoms with Gasteiger partial charge >= 0.3 is 0 Å². The van der Waals surface area contributed by atoms with E-state index in [2.05, 4.69) is 48.2 Å². The Morgan fingerprint density at radius 1 is 1.37 bits per heavy atom. The van der Waals surface area contributed by atoms with Crippen LogP contribution in [0.15, 0.2) is 18.3 Å². The number of nitrogens with zero attached hydrogens (tertiary/aromatic N) is 2. The number of hydrogen-bond donors (Lipinski definition) is 1. The Morgan fingerprint density at radius 2 is 2.11 bits per heavy atom. The molecule has 1 aromatic rings. The second-order valence-electron chi connectivity index (χ2n) is 6.07. The van der Waals surface area contributed by atoms with Crippen LogP contribution in [0.3, 0.4) is 0 Å². The third-order valence-electron chi connectivity index (χ3n) is 3.94. The van der Waals surface area contributed by atoms with E-state index in [1.807, 2.05) is 6.20 Å². The Hall–Kier alpha value is -1.09. The Kier molecular flexibility index (Phi) is 5.20. The Balaban J connectivity index is 1.92.